The number of carbonyl (C=O) groups is 1. The lowest BCUT2D eigenvalue weighted by molar-refractivity contribution is 0.00746. The summed E-state index contributed by atoms with van der Waals surface area (Å²) in [5.74, 6) is -0.489. The lowest BCUT2D eigenvalue weighted by Crippen LogP contribution is -2.35. The number of fused-ring (bicyclic) bond motifs is 1. The fourth-order valence-corrected chi connectivity index (χ4v) is 3.92. The van der Waals surface area contributed by atoms with Gasteiger partial charge in [-0.25, -0.2) is 9.59 Å². The number of thiophene rings is 1. The van der Waals surface area contributed by atoms with Crippen LogP contribution in [-0.4, -0.2) is 21.1 Å². The fraction of sp³-hybridized carbons (Fsp3) is 0.350. The summed E-state index contributed by atoms with van der Waals surface area (Å²) in [5, 5.41) is 0.369. The summed E-state index contributed by atoms with van der Waals surface area (Å²) in [6.07, 6.45) is 0.567. The maximum absolute atomic E-state index is 12.9. The van der Waals surface area contributed by atoms with Crippen LogP contribution in [0.2, 0.25) is 0 Å². The van der Waals surface area contributed by atoms with Crippen LogP contribution in [0.5, 0.6) is 0 Å². The Morgan fingerprint density at radius 2 is 1.85 bits per heavy atom. The summed E-state index contributed by atoms with van der Waals surface area (Å²) in [6, 6.07) is 9.66. The molecule has 0 amide bonds. The topological polar surface area (TPSA) is 81.2 Å². The molecule has 0 fully saturated rings. The second-order valence-electron chi connectivity index (χ2n) is 7.38. The molecule has 0 aliphatic rings. The van der Waals surface area contributed by atoms with Crippen molar-refractivity contribution in [3.63, 3.8) is 0 Å². The number of aromatic amines is 1. The van der Waals surface area contributed by atoms with Gasteiger partial charge in [0.25, 0.3) is 5.56 Å². The second kappa shape index (κ2) is 7.15. The number of nitrogens with one attached hydrogen (secondary N) is 1. The highest BCUT2D eigenvalue weighted by atomic mass is 32.1. The Bertz CT molecular complexity index is 1100. The van der Waals surface area contributed by atoms with Gasteiger partial charge in [-0.15, -0.1) is 11.3 Å². The first-order valence-corrected chi connectivity index (χ1v) is 9.52. The van der Waals surface area contributed by atoms with Crippen LogP contribution in [0.3, 0.4) is 0 Å². The molecule has 0 saturated carbocycles. The van der Waals surface area contributed by atoms with Gasteiger partial charge in [0, 0.05) is 6.54 Å². The zero-order valence-electron chi connectivity index (χ0n) is 15.8. The van der Waals surface area contributed by atoms with Gasteiger partial charge in [0.15, 0.2) is 0 Å². The highest BCUT2D eigenvalue weighted by Crippen LogP contribution is 2.28. The van der Waals surface area contributed by atoms with Crippen LogP contribution in [0.4, 0.5) is 0 Å². The van der Waals surface area contributed by atoms with E-state index in [0.717, 1.165) is 16.9 Å². The molecule has 0 atom stereocenters. The number of benzene rings is 1. The summed E-state index contributed by atoms with van der Waals surface area (Å²) in [4.78, 5) is 41.2. The molecule has 2 aromatic heterocycles. The Hall–Kier alpha value is -2.67. The van der Waals surface area contributed by atoms with Gasteiger partial charge in [0.1, 0.15) is 15.3 Å². The van der Waals surface area contributed by atoms with Crippen LogP contribution in [0.1, 0.15) is 41.6 Å². The van der Waals surface area contributed by atoms with Crippen molar-refractivity contribution in [2.45, 2.75) is 46.3 Å². The maximum Gasteiger partial charge on any atom is 0.349 e. The number of carbonyl (C=O) groups excluding carboxylic acids is 1. The molecule has 27 heavy (non-hydrogen) atoms. The molecular formula is C20H22N2O4S. The SMILES string of the molecule is Cc1c(C(=O)OC(C)(C)C)sc2[nH]c(=O)n(CCc3ccccc3)c(=O)c12. The van der Waals surface area contributed by atoms with Gasteiger partial charge in [-0.2, -0.15) is 0 Å². The number of aromatic nitrogens is 2. The van der Waals surface area contributed by atoms with Crippen LogP contribution in [0, 0.1) is 6.92 Å². The van der Waals surface area contributed by atoms with E-state index in [0.29, 0.717) is 27.1 Å². The third-order valence-corrected chi connectivity index (χ3v) is 5.31. The lowest BCUT2D eigenvalue weighted by atomic mass is 10.1. The van der Waals surface area contributed by atoms with E-state index in [1.54, 1.807) is 27.7 Å². The molecule has 0 radical (unpaired) electrons. The smallest absolute Gasteiger partial charge is 0.349 e. The first-order valence-electron chi connectivity index (χ1n) is 8.71. The van der Waals surface area contributed by atoms with Crippen molar-refractivity contribution in [3.05, 3.63) is 67.2 Å². The van der Waals surface area contributed by atoms with Crippen LogP contribution < -0.4 is 11.2 Å². The minimum absolute atomic E-state index is 0.269. The highest BCUT2D eigenvalue weighted by molar-refractivity contribution is 7.20. The zero-order chi connectivity index (χ0) is 19.8. The van der Waals surface area contributed by atoms with E-state index in [2.05, 4.69) is 4.98 Å². The standard InChI is InChI=1S/C20H22N2O4S/c1-12-14-16(27-15(12)18(24)26-20(2,3)4)21-19(25)22(17(14)23)11-10-13-8-6-5-7-9-13/h5-9H,10-11H2,1-4H3,(H,21,25). The molecule has 0 spiro atoms. The van der Waals surface area contributed by atoms with Crippen molar-refractivity contribution in [1.29, 1.82) is 0 Å². The Morgan fingerprint density at radius 1 is 1.19 bits per heavy atom. The predicted molar refractivity (Wildman–Crippen MR) is 107 cm³/mol. The second-order valence-corrected chi connectivity index (χ2v) is 8.41. The lowest BCUT2D eigenvalue weighted by Gasteiger charge is -2.19. The number of rotatable bonds is 4. The molecule has 7 heteroatoms. The first-order chi connectivity index (χ1) is 12.7. The van der Waals surface area contributed by atoms with E-state index >= 15 is 0 Å². The van der Waals surface area contributed by atoms with Crippen LogP contribution in [0.25, 0.3) is 10.2 Å². The van der Waals surface area contributed by atoms with Gasteiger partial charge in [-0.05, 0) is 45.2 Å². The van der Waals surface area contributed by atoms with Gasteiger partial charge in [-0.1, -0.05) is 30.3 Å². The average Bonchev–Trinajstić information content (AvgIpc) is 2.90. The molecule has 0 aliphatic heterocycles. The van der Waals surface area contributed by atoms with E-state index in [9.17, 15) is 14.4 Å². The average molecular weight is 386 g/mol. The summed E-state index contributed by atoms with van der Waals surface area (Å²) in [5.41, 5.74) is 0.0937. The molecule has 0 saturated heterocycles. The minimum atomic E-state index is -0.636. The third-order valence-electron chi connectivity index (χ3n) is 4.12. The van der Waals surface area contributed by atoms with Crippen molar-refractivity contribution < 1.29 is 9.53 Å². The van der Waals surface area contributed by atoms with E-state index in [1.165, 1.54) is 4.57 Å². The van der Waals surface area contributed by atoms with E-state index in [1.807, 2.05) is 30.3 Å². The van der Waals surface area contributed by atoms with Gasteiger partial charge in [-0.3, -0.25) is 14.3 Å². The molecule has 3 aromatic rings. The number of ether oxygens (including phenoxy) is 1. The third kappa shape index (κ3) is 4.03. The normalized spacial score (nSPS) is 11.7. The molecule has 0 aliphatic carbocycles. The molecule has 3 rings (SSSR count). The van der Waals surface area contributed by atoms with Gasteiger partial charge < -0.3 is 4.74 Å². The summed E-state index contributed by atoms with van der Waals surface area (Å²) in [7, 11) is 0. The van der Waals surface area contributed by atoms with Crippen molar-refractivity contribution in [2.24, 2.45) is 0 Å². The Balaban J connectivity index is 2.01. The molecule has 6 nitrogen and oxygen atoms in total. The zero-order valence-corrected chi connectivity index (χ0v) is 16.6. The maximum atomic E-state index is 12.9. The van der Waals surface area contributed by atoms with Gasteiger partial charge in [0.2, 0.25) is 0 Å². The monoisotopic (exact) mass is 386 g/mol. The van der Waals surface area contributed by atoms with Crippen LogP contribution in [0.15, 0.2) is 39.9 Å². The Morgan fingerprint density at radius 3 is 2.48 bits per heavy atom. The van der Waals surface area contributed by atoms with Crippen molar-refractivity contribution in [2.75, 3.05) is 0 Å². The predicted octanol–water partition coefficient (Wildman–Crippen LogP) is 3.26. The Labute approximate surface area is 160 Å². The van der Waals surface area contributed by atoms with Crippen molar-refractivity contribution >= 4 is 27.5 Å². The van der Waals surface area contributed by atoms with Crippen molar-refractivity contribution in [1.82, 2.24) is 9.55 Å². The molecule has 1 N–H and O–H groups in total. The van der Waals surface area contributed by atoms with Gasteiger partial charge in [0.05, 0.1) is 5.39 Å². The Kier molecular flexibility index (Phi) is 5.06. The van der Waals surface area contributed by atoms with Crippen LogP contribution in [-0.2, 0) is 17.7 Å². The number of nitrogens with zero attached hydrogens (tertiary/aromatic N) is 1. The highest BCUT2D eigenvalue weighted by Gasteiger charge is 2.24. The van der Waals surface area contributed by atoms with Crippen LogP contribution >= 0.6 is 11.3 Å². The summed E-state index contributed by atoms with van der Waals surface area (Å²) < 4.78 is 6.60. The molecular weight excluding hydrogens is 364 g/mol. The van der Waals surface area contributed by atoms with E-state index < -0.39 is 17.3 Å². The quantitative estimate of drug-likeness (QED) is 0.698. The molecule has 1 aromatic carbocycles. The number of hydrogen-bond donors (Lipinski definition) is 1. The van der Waals surface area contributed by atoms with E-state index in [4.69, 9.17) is 4.74 Å². The number of esters is 1. The first kappa shape index (κ1) is 19.1. The van der Waals surface area contributed by atoms with Gasteiger partial charge >= 0.3 is 11.7 Å². The molecule has 0 bridgehead atoms. The number of aryl methyl sites for hydroxylation is 2. The summed E-state index contributed by atoms with van der Waals surface area (Å²) in [6.45, 7) is 7.33. The van der Waals surface area contributed by atoms with Crippen molar-refractivity contribution in [3.8, 4) is 0 Å². The molecule has 142 valence electrons. The number of H-pyrrole nitrogens is 1. The fourth-order valence-electron chi connectivity index (χ4n) is 2.86. The largest absolute Gasteiger partial charge is 0.456 e. The molecule has 0 unspecified atom stereocenters. The minimum Gasteiger partial charge on any atom is -0.456 e. The van der Waals surface area contributed by atoms with E-state index in [-0.39, 0.29) is 12.1 Å². The number of hydrogen-bond acceptors (Lipinski definition) is 5. The molecule has 2 heterocycles. The summed E-state index contributed by atoms with van der Waals surface area (Å²) >= 11 is 1.08.